The van der Waals surface area contributed by atoms with Crippen molar-refractivity contribution in [3.8, 4) is 0 Å². The van der Waals surface area contributed by atoms with Crippen molar-refractivity contribution in [3.05, 3.63) is 17.5 Å². The number of aromatic nitrogens is 2. The van der Waals surface area contributed by atoms with Gasteiger partial charge in [-0.1, -0.05) is 0 Å². The van der Waals surface area contributed by atoms with Crippen LogP contribution in [-0.2, 0) is 19.4 Å². The predicted molar refractivity (Wildman–Crippen MR) is 57.1 cm³/mol. The van der Waals surface area contributed by atoms with Gasteiger partial charge in [0.25, 0.3) is 0 Å². The summed E-state index contributed by atoms with van der Waals surface area (Å²) in [5.41, 5.74) is 8.64. The molecule has 0 fully saturated rings. The van der Waals surface area contributed by atoms with Crippen molar-refractivity contribution in [2.45, 2.75) is 39.2 Å². The molecule has 3 heteroatoms. The Labute approximate surface area is 85.3 Å². The third kappa shape index (κ3) is 1.69. The Morgan fingerprint density at radius 3 is 3.21 bits per heavy atom. The topological polar surface area (TPSA) is 43.8 Å². The monoisotopic (exact) mass is 193 g/mol. The molecule has 1 aliphatic rings. The van der Waals surface area contributed by atoms with E-state index in [1.165, 1.54) is 30.5 Å². The molecule has 78 valence electrons. The van der Waals surface area contributed by atoms with Crippen LogP contribution in [0.15, 0.2) is 6.20 Å². The second kappa shape index (κ2) is 4.13. The zero-order chi connectivity index (χ0) is 9.97. The highest BCUT2D eigenvalue weighted by Crippen LogP contribution is 2.23. The van der Waals surface area contributed by atoms with Crippen LogP contribution < -0.4 is 5.73 Å². The predicted octanol–water partition coefficient (Wildman–Crippen LogP) is 1.36. The minimum absolute atomic E-state index is 0.665. The second-order valence-corrected chi connectivity index (χ2v) is 4.13. The van der Waals surface area contributed by atoms with Crippen molar-refractivity contribution in [2.24, 2.45) is 11.7 Å². The lowest BCUT2D eigenvalue weighted by Gasteiger charge is -2.12. The van der Waals surface area contributed by atoms with Crippen LogP contribution in [0.4, 0.5) is 0 Å². The number of rotatable bonds is 2. The van der Waals surface area contributed by atoms with Crippen LogP contribution >= 0.6 is 0 Å². The first kappa shape index (κ1) is 9.71. The maximum atomic E-state index is 5.76. The Bertz CT molecular complexity index is 303. The Balaban J connectivity index is 2.26. The molecule has 0 unspecified atom stereocenters. The van der Waals surface area contributed by atoms with Crippen LogP contribution in [0.2, 0.25) is 0 Å². The lowest BCUT2D eigenvalue weighted by atomic mass is 10.0. The zero-order valence-corrected chi connectivity index (χ0v) is 8.87. The zero-order valence-electron chi connectivity index (χ0n) is 8.87. The number of hydrogen-bond acceptors (Lipinski definition) is 2. The van der Waals surface area contributed by atoms with Crippen molar-refractivity contribution >= 4 is 0 Å². The molecule has 14 heavy (non-hydrogen) atoms. The summed E-state index contributed by atoms with van der Waals surface area (Å²) in [5, 5.41) is 4.40. The highest BCUT2D eigenvalue weighted by Gasteiger charge is 2.18. The first-order valence-electron chi connectivity index (χ1n) is 5.58. The molecule has 0 bridgehead atoms. The summed E-state index contributed by atoms with van der Waals surface area (Å²) >= 11 is 0. The summed E-state index contributed by atoms with van der Waals surface area (Å²) in [6.45, 7) is 3.94. The van der Waals surface area contributed by atoms with Gasteiger partial charge in [0.15, 0.2) is 0 Å². The summed E-state index contributed by atoms with van der Waals surface area (Å²) in [6, 6.07) is 0. The van der Waals surface area contributed by atoms with Gasteiger partial charge in [0.2, 0.25) is 0 Å². The Morgan fingerprint density at radius 2 is 2.50 bits per heavy atom. The molecule has 0 saturated carbocycles. The molecule has 0 spiro atoms. The third-order valence-electron chi connectivity index (χ3n) is 3.21. The van der Waals surface area contributed by atoms with Crippen molar-refractivity contribution in [1.29, 1.82) is 0 Å². The highest BCUT2D eigenvalue weighted by molar-refractivity contribution is 5.20. The number of nitrogens with two attached hydrogens (primary N) is 1. The van der Waals surface area contributed by atoms with Crippen molar-refractivity contribution in [2.75, 3.05) is 6.54 Å². The number of aryl methyl sites for hydroxylation is 2. The van der Waals surface area contributed by atoms with Gasteiger partial charge >= 0.3 is 0 Å². The molecule has 0 radical (unpaired) electrons. The van der Waals surface area contributed by atoms with Gasteiger partial charge in [0, 0.05) is 12.2 Å². The summed E-state index contributed by atoms with van der Waals surface area (Å²) in [4.78, 5) is 0. The van der Waals surface area contributed by atoms with Gasteiger partial charge in [-0.25, -0.2) is 0 Å². The van der Waals surface area contributed by atoms with E-state index in [0.29, 0.717) is 5.92 Å². The van der Waals surface area contributed by atoms with E-state index in [-0.39, 0.29) is 0 Å². The van der Waals surface area contributed by atoms with Crippen LogP contribution in [0.1, 0.15) is 31.0 Å². The minimum atomic E-state index is 0.665. The lowest BCUT2D eigenvalue weighted by molar-refractivity contribution is 0.471. The third-order valence-corrected chi connectivity index (χ3v) is 3.21. The molecule has 1 aliphatic carbocycles. The fourth-order valence-electron chi connectivity index (χ4n) is 2.33. The van der Waals surface area contributed by atoms with Crippen LogP contribution in [-0.4, -0.2) is 16.3 Å². The van der Waals surface area contributed by atoms with Gasteiger partial charge in [-0.05, 0) is 50.6 Å². The van der Waals surface area contributed by atoms with E-state index >= 15 is 0 Å². The van der Waals surface area contributed by atoms with E-state index in [1.54, 1.807) is 0 Å². The van der Waals surface area contributed by atoms with Crippen molar-refractivity contribution in [3.63, 3.8) is 0 Å². The molecule has 0 amide bonds. The smallest absolute Gasteiger partial charge is 0.0524 e. The molecule has 3 nitrogen and oxygen atoms in total. The minimum Gasteiger partial charge on any atom is -0.330 e. The number of nitrogens with zero attached hydrogens (tertiary/aromatic N) is 2. The molecular formula is C11H19N3. The van der Waals surface area contributed by atoms with Crippen molar-refractivity contribution in [1.82, 2.24) is 9.78 Å². The maximum Gasteiger partial charge on any atom is 0.0524 e. The molecule has 0 aromatic carbocycles. The number of hydrogen-bond donors (Lipinski definition) is 1. The quantitative estimate of drug-likeness (QED) is 0.721. The maximum absolute atomic E-state index is 5.76. The van der Waals surface area contributed by atoms with Gasteiger partial charge in [-0.2, -0.15) is 5.10 Å². The summed E-state index contributed by atoms with van der Waals surface area (Å²) in [6.07, 6.45) is 6.89. The van der Waals surface area contributed by atoms with Crippen molar-refractivity contribution < 1.29 is 0 Å². The first-order chi connectivity index (χ1) is 6.85. The molecule has 0 aliphatic heterocycles. The average molecular weight is 193 g/mol. The highest BCUT2D eigenvalue weighted by atomic mass is 15.3. The molecule has 0 saturated heterocycles. The molecule has 2 N–H and O–H groups in total. The van der Waals surface area contributed by atoms with Gasteiger partial charge in [-0.3, -0.25) is 4.68 Å². The fourth-order valence-corrected chi connectivity index (χ4v) is 2.33. The molecular weight excluding hydrogens is 174 g/mol. The van der Waals surface area contributed by atoms with Crippen LogP contribution in [0.25, 0.3) is 0 Å². The van der Waals surface area contributed by atoms with Gasteiger partial charge in [-0.15, -0.1) is 0 Å². The van der Waals surface area contributed by atoms with Gasteiger partial charge in [0.1, 0.15) is 0 Å². The molecule has 1 aromatic heterocycles. The van der Waals surface area contributed by atoms with Crippen LogP contribution in [0, 0.1) is 5.92 Å². The van der Waals surface area contributed by atoms with E-state index in [0.717, 1.165) is 19.5 Å². The van der Waals surface area contributed by atoms with E-state index in [9.17, 15) is 0 Å². The van der Waals surface area contributed by atoms with E-state index < -0.39 is 0 Å². The van der Waals surface area contributed by atoms with E-state index in [4.69, 9.17) is 5.73 Å². The first-order valence-corrected chi connectivity index (χ1v) is 5.58. The normalized spacial score (nSPS) is 21.7. The largest absolute Gasteiger partial charge is 0.330 e. The lowest BCUT2D eigenvalue weighted by Crippen LogP contribution is -2.17. The number of fused-ring (bicyclic) bond motifs is 1. The molecule has 1 aromatic rings. The van der Waals surface area contributed by atoms with E-state index in [2.05, 4.69) is 16.7 Å². The van der Waals surface area contributed by atoms with Gasteiger partial charge in [0.05, 0.1) is 6.20 Å². The van der Waals surface area contributed by atoms with E-state index in [1.807, 2.05) is 6.20 Å². The van der Waals surface area contributed by atoms with Crippen LogP contribution in [0.3, 0.4) is 0 Å². The second-order valence-electron chi connectivity index (χ2n) is 4.13. The van der Waals surface area contributed by atoms with Crippen LogP contribution in [0.5, 0.6) is 0 Å². The Hall–Kier alpha value is -0.830. The molecule has 2 rings (SSSR count). The fraction of sp³-hybridized carbons (Fsp3) is 0.727. The average Bonchev–Trinajstić information content (AvgIpc) is 2.47. The summed E-state index contributed by atoms with van der Waals surface area (Å²) in [7, 11) is 0. The SMILES string of the molecule is CCn1ncc2c1C[C@H](CN)CCC2. The molecule has 1 atom stereocenters. The Kier molecular flexibility index (Phi) is 2.87. The van der Waals surface area contributed by atoms with Gasteiger partial charge < -0.3 is 5.73 Å². The molecule has 1 heterocycles. The standard InChI is InChI=1S/C11H19N3/c1-2-14-11-6-9(7-12)4-3-5-10(11)8-13-14/h8-9H,2-7,12H2,1H3/t9-/m1/s1. The summed E-state index contributed by atoms with van der Waals surface area (Å²) < 4.78 is 2.13. The summed E-state index contributed by atoms with van der Waals surface area (Å²) in [5.74, 6) is 0.665. The Morgan fingerprint density at radius 1 is 1.64 bits per heavy atom.